The van der Waals surface area contributed by atoms with Crippen LogP contribution in [0.3, 0.4) is 0 Å². The van der Waals surface area contributed by atoms with Gasteiger partial charge < -0.3 is 0 Å². The molecular weight excluding hydrogens is 1070 g/mol. The van der Waals surface area contributed by atoms with Crippen LogP contribution >= 0.6 is 14.5 Å². The first-order valence-electron chi connectivity index (χ1n) is 34.9. The largest absolute Gasteiger partial charge is 0.189 e. The summed E-state index contributed by atoms with van der Waals surface area (Å²) in [5.74, 6) is 0. The van der Waals surface area contributed by atoms with Gasteiger partial charge in [-0.2, -0.15) is 32.8 Å². The van der Waals surface area contributed by atoms with Gasteiger partial charge in [-0.05, 0) is 220 Å². The van der Waals surface area contributed by atoms with Gasteiger partial charge in [0.1, 0.15) is 22.9 Å². The van der Waals surface area contributed by atoms with Crippen LogP contribution in [0.4, 0.5) is 0 Å². The van der Waals surface area contributed by atoms with E-state index in [4.69, 9.17) is 0 Å². The molecule has 4 heteroatoms. The third-order valence-corrected chi connectivity index (χ3v) is 36.7. The zero-order chi connectivity index (χ0) is 59.3. The van der Waals surface area contributed by atoms with Crippen LogP contribution in [0.5, 0.6) is 0 Å². The molecule has 4 saturated carbocycles. The van der Waals surface area contributed by atoms with E-state index in [-0.39, 0.29) is 0 Å². The summed E-state index contributed by atoms with van der Waals surface area (Å²) >= 11 is 0. The van der Waals surface area contributed by atoms with E-state index in [2.05, 4.69) is 192 Å². The molecule has 0 aromatic heterocycles. The molecule has 7 aromatic rings. The van der Waals surface area contributed by atoms with Crippen LogP contribution in [0.2, 0.25) is 0 Å². The number of aryl methyl sites for hydroxylation is 12. The lowest BCUT2D eigenvalue weighted by Crippen LogP contribution is -2.70. The van der Waals surface area contributed by atoms with Crippen molar-refractivity contribution >= 4 is 91.8 Å². The minimum atomic E-state index is -2.22. The fourth-order valence-electron chi connectivity index (χ4n) is 23.6. The molecule has 8 aliphatic rings. The summed E-state index contributed by atoms with van der Waals surface area (Å²) in [5, 5.41) is 7.61. The van der Waals surface area contributed by atoms with Crippen molar-refractivity contribution in [2.24, 2.45) is 0 Å². The topological polar surface area (TPSA) is 0 Å². The van der Waals surface area contributed by atoms with Crippen LogP contribution in [0, 0.1) is 83.1 Å². The molecule has 15 rings (SSSR count). The van der Waals surface area contributed by atoms with E-state index in [0.717, 1.165) is 0 Å². The molecule has 0 radical (unpaired) electrons. The van der Waals surface area contributed by atoms with Crippen molar-refractivity contribution in [3.63, 3.8) is 0 Å². The first-order chi connectivity index (χ1) is 41.6. The van der Waals surface area contributed by atoms with Gasteiger partial charge >= 0.3 is 0 Å². The molecule has 0 saturated heterocycles. The Bertz CT molecular complexity index is 3520. The SMILES string of the molecule is Cc1cc(C)c([B-]2(c3c(C)cc(C)cc3C)C3=C(c4ccccc42)[P+](C2CCCCC2)(C2CCCCC2)c2cc4c(cc23)[P+](C2CCCCC2)(C2CCCCC2)C2=C4[B-](c3c(C)cc(C)cc3C)(c3c(C)cc(C)cc3C)c3ccccc32)c(C)c1. The molecule has 4 aliphatic carbocycles. The van der Waals surface area contributed by atoms with Crippen molar-refractivity contribution in [2.45, 2.75) is 234 Å². The van der Waals surface area contributed by atoms with Crippen LogP contribution in [0.25, 0.3) is 21.6 Å². The molecule has 0 nitrogen and oxygen atoms in total. The van der Waals surface area contributed by atoms with Gasteiger partial charge in [0.2, 0.25) is 0 Å². The number of hydrogen-bond donors (Lipinski definition) is 0. The van der Waals surface area contributed by atoms with Gasteiger partial charge in [0, 0.05) is 0 Å². The van der Waals surface area contributed by atoms with Gasteiger partial charge in [-0.3, -0.25) is 0 Å². The Morgan fingerprint density at radius 1 is 0.279 bits per heavy atom. The maximum absolute atomic E-state index is 3.23. The zero-order valence-corrected chi connectivity index (χ0v) is 56.7. The molecule has 4 fully saturated rings. The second kappa shape index (κ2) is 21.3. The third-order valence-electron chi connectivity index (χ3n) is 25.3. The smallest absolute Gasteiger partial charge is 0.116 e. The van der Waals surface area contributed by atoms with Gasteiger partial charge in [0.05, 0.1) is 47.8 Å². The summed E-state index contributed by atoms with van der Waals surface area (Å²) in [6, 6.07) is 48.0. The monoisotopic (exact) mass is 1170 g/mol. The molecular formula is C82H98B2P2. The second-order valence-electron chi connectivity index (χ2n) is 30.3. The van der Waals surface area contributed by atoms with E-state index in [1.54, 1.807) is 55.0 Å². The van der Waals surface area contributed by atoms with Crippen LogP contribution < -0.4 is 43.4 Å². The summed E-state index contributed by atoms with van der Waals surface area (Å²) in [5.41, 5.74) is 40.5. The van der Waals surface area contributed by atoms with E-state index in [0.29, 0.717) is 22.6 Å². The highest BCUT2D eigenvalue weighted by Gasteiger charge is 2.70. The maximum atomic E-state index is 3.23. The van der Waals surface area contributed by atoms with Crippen LogP contribution in [-0.4, -0.2) is 34.9 Å². The quantitative estimate of drug-likeness (QED) is 0.105. The average Bonchev–Trinajstić information content (AvgIpc) is 1.47. The van der Waals surface area contributed by atoms with E-state index < -0.39 is 26.8 Å². The summed E-state index contributed by atoms with van der Waals surface area (Å²) in [6.45, 7) is 29.7. The minimum Gasteiger partial charge on any atom is -0.189 e. The summed E-state index contributed by atoms with van der Waals surface area (Å²) in [6.07, 6.45) is 24.2. The Hall–Kier alpha value is -4.99. The van der Waals surface area contributed by atoms with Crippen molar-refractivity contribution in [2.75, 3.05) is 0 Å². The molecule has 0 unspecified atom stereocenters. The Morgan fingerprint density at radius 2 is 0.512 bits per heavy atom. The second-order valence-corrected chi connectivity index (χ2v) is 38.2. The standard InChI is InChI=1S/C82H98B2P2/c1-51-41-55(5)75(56(6)42-51)83(76-57(7)43-52(2)44-58(76)8)71-39-27-25-37-67(71)81-79(83)69-49-74-70(50-73(69)85(81,63-29-17-13-18-30-63)64-31-19-14-20-32-64)80-82(86(74,65-33-21-15-22-34-65)66-35-23-16-24-36-66)68-38-26-28-40-72(68)84(80,77-59(9)45-53(3)46-60(77)10)78-61(11)47-54(4)48-62(78)12/h25-28,37-50,63-66H,13-24,29-36H2,1-12H3. The lowest BCUT2D eigenvalue weighted by molar-refractivity contribution is 0.484. The van der Waals surface area contributed by atoms with Gasteiger partial charge in [0.25, 0.3) is 0 Å². The summed E-state index contributed by atoms with van der Waals surface area (Å²) in [4.78, 5) is 0. The van der Waals surface area contributed by atoms with Crippen LogP contribution in [0.15, 0.2) is 109 Å². The average molecular weight is 1170 g/mol. The highest BCUT2D eigenvalue weighted by Crippen LogP contribution is 2.87. The molecule has 4 heterocycles. The van der Waals surface area contributed by atoms with E-state index >= 15 is 0 Å². The Labute approximate surface area is 520 Å². The van der Waals surface area contributed by atoms with Gasteiger partial charge in [-0.25, -0.2) is 0 Å². The van der Waals surface area contributed by atoms with Gasteiger partial charge in [-0.1, -0.05) is 190 Å². The van der Waals surface area contributed by atoms with E-state index in [9.17, 15) is 0 Å². The van der Waals surface area contributed by atoms with Crippen molar-refractivity contribution < 1.29 is 0 Å². The highest BCUT2D eigenvalue weighted by molar-refractivity contribution is 7.95. The first kappa shape index (κ1) is 57.4. The Morgan fingerprint density at radius 3 is 0.756 bits per heavy atom. The van der Waals surface area contributed by atoms with Crippen molar-refractivity contribution in [3.05, 3.63) is 198 Å². The molecule has 0 N–H and O–H groups in total. The predicted molar refractivity (Wildman–Crippen MR) is 385 cm³/mol. The van der Waals surface area contributed by atoms with E-state index in [1.165, 1.54) is 195 Å². The Kier molecular flexibility index (Phi) is 14.3. The van der Waals surface area contributed by atoms with Crippen molar-refractivity contribution in [1.82, 2.24) is 0 Å². The molecule has 0 bridgehead atoms. The molecule has 442 valence electrons. The summed E-state index contributed by atoms with van der Waals surface area (Å²) in [7, 11) is -4.43. The fourth-order valence-corrected chi connectivity index (χ4v) is 37.5. The zero-order valence-electron chi connectivity index (χ0n) is 54.9. The molecule has 4 aliphatic heterocycles. The number of fused-ring (bicyclic) bond motifs is 8. The first-order valence-corrected chi connectivity index (χ1v) is 38.8. The third kappa shape index (κ3) is 7.75. The van der Waals surface area contributed by atoms with Gasteiger partial charge in [0.15, 0.2) is 0 Å². The van der Waals surface area contributed by atoms with Gasteiger partial charge in [-0.15, -0.1) is 10.9 Å². The van der Waals surface area contributed by atoms with Crippen LogP contribution in [0.1, 0.15) is 217 Å². The minimum absolute atomic E-state index is 0.689. The Balaban J connectivity index is 1.20. The molecule has 0 spiro atoms. The number of hydrogen-bond acceptors (Lipinski definition) is 0. The normalized spacial score (nSPS) is 21.3. The van der Waals surface area contributed by atoms with Crippen molar-refractivity contribution in [1.29, 1.82) is 0 Å². The molecule has 0 amide bonds. The number of benzene rings is 7. The van der Waals surface area contributed by atoms with Crippen molar-refractivity contribution in [3.8, 4) is 0 Å². The maximum Gasteiger partial charge on any atom is 0.116 e. The van der Waals surface area contributed by atoms with Crippen LogP contribution in [-0.2, 0) is 0 Å². The molecule has 0 atom stereocenters. The van der Waals surface area contributed by atoms with E-state index in [1.807, 2.05) is 32.2 Å². The highest BCUT2D eigenvalue weighted by atomic mass is 31.2. The lowest BCUT2D eigenvalue weighted by atomic mass is 9.11. The summed E-state index contributed by atoms with van der Waals surface area (Å²) < 4.78 is 0. The lowest BCUT2D eigenvalue weighted by Gasteiger charge is -2.48. The fraction of sp³-hybridized carbons (Fsp3) is 0.439. The molecule has 7 aromatic carbocycles. The predicted octanol–water partition coefficient (Wildman–Crippen LogP) is 17.8. The molecule has 86 heavy (non-hydrogen) atoms. The number of rotatable bonds is 8.